The van der Waals surface area contributed by atoms with E-state index in [4.69, 9.17) is 4.74 Å². The Balaban J connectivity index is 1.64. The molecule has 2 aromatic carbocycles. The van der Waals surface area contributed by atoms with Gasteiger partial charge in [0.05, 0.1) is 17.9 Å². The van der Waals surface area contributed by atoms with Crippen LogP contribution in [0, 0.1) is 6.92 Å². The molecule has 0 bridgehead atoms. The lowest BCUT2D eigenvalue weighted by Gasteiger charge is -2.09. The third-order valence-corrected chi connectivity index (χ3v) is 6.69. The number of nitrogens with zero attached hydrogens (tertiary/aromatic N) is 1. The fraction of sp³-hybridized carbons (Fsp3) is 0.273. The lowest BCUT2D eigenvalue weighted by molar-refractivity contribution is -0.118. The van der Waals surface area contributed by atoms with Crippen LogP contribution in [0.4, 0.5) is 0 Å². The van der Waals surface area contributed by atoms with Crippen molar-refractivity contribution in [1.82, 2.24) is 9.71 Å². The van der Waals surface area contributed by atoms with Crippen LogP contribution in [-0.2, 0) is 21.2 Å². The Bertz CT molecular complexity index is 1110. The zero-order valence-electron chi connectivity index (χ0n) is 16.9. The van der Waals surface area contributed by atoms with Crippen LogP contribution in [0.25, 0.3) is 10.6 Å². The molecular weight excluding hydrogens is 420 g/mol. The number of aryl methyl sites for hydroxylation is 1. The van der Waals surface area contributed by atoms with Crippen LogP contribution in [0.2, 0.25) is 0 Å². The van der Waals surface area contributed by atoms with Gasteiger partial charge in [-0.05, 0) is 43.2 Å². The molecule has 3 aromatic rings. The van der Waals surface area contributed by atoms with Gasteiger partial charge in [-0.1, -0.05) is 37.6 Å². The predicted octanol–water partition coefficient (Wildman–Crippen LogP) is 4.35. The third kappa shape index (κ3) is 5.90. The van der Waals surface area contributed by atoms with Gasteiger partial charge in [0.1, 0.15) is 10.8 Å². The van der Waals surface area contributed by atoms with E-state index in [1.165, 1.54) is 23.5 Å². The number of aromatic nitrogens is 1. The number of sulfonamides is 1. The second kappa shape index (κ2) is 9.86. The Labute approximate surface area is 181 Å². The van der Waals surface area contributed by atoms with Crippen molar-refractivity contribution in [2.45, 2.75) is 38.0 Å². The zero-order valence-corrected chi connectivity index (χ0v) is 18.6. The lowest BCUT2D eigenvalue weighted by Crippen LogP contribution is -2.31. The van der Waals surface area contributed by atoms with Crippen molar-refractivity contribution in [2.75, 3.05) is 6.61 Å². The van der Waals surface area contributed by atoms with Gasteiger partial charge >= 0.3 is 0 Å². The molecule has 0 aliphatic heterocycles. The van der Waals surface area contributed by atoms with Crippen LogP contribution in [0.15, 0.2) is 58.8 Å². The molecule has 0 atom stereocenters. The Morgan fingerprint density at radius 1 is 1.17 bits per heavy atom. The van der Waals surface area contributed by atoms with Crippen molar-refractivity contribution in [3.63, 3.8) is 0 Å². The van der Waals surface area contributed by atoms with Crippen LogP contribution in [0.1, 0.15) is 31.0 Å². The summed E-state index contributed by atoms with van der Waals surface area (Å²) in [5.41, 5.74) is 2.28. The number of hydrogen-bond acceptors (Lipinski definition) is 6. The number of rotatable bonds is 9. The SMILES string of the molecule is CCCCOc1ccc(CC(=O)NS(=O)(=O)c2cccc(-c3nc(C)cs3)c2)cc1. The van der Waals surface area contributed by atoms with Crippen molar-refractivity contribution >= 4 is 27.3 Å². The minimum absolute atomic E-state index is 0.0286. The quantitative estimate of drug-likeness (QED) is 0.496. The van der Waals surface area contributed by atoms with Crippen LogP contribution in [0.3, 0.4) is 0 Å². The maximum absolute atomic E-state index is 12.7. The number of benzene rings is 2. The summed E-state index contributed by atoms with van der Waals surface area (Å²) in [4.78, 5) is 16.7. The molecule has 0 radical (unpaired) electrons. The molecule has 3 rings (SSSR count). The van der Waals surface area contributed by atoms with Gasteiger partial charge in [-0.15, -0.1) is 11.3 Å². The van der Waals surface area contributed by atoms with Crippen molar-refractivity contribution < 1.29 is 17.9 Å². The topological polar surface area (TPSA) is 85.4 Å². The zero-order chi connectivity index (χ0) is 21.6. The number of carbonyl (C=O) groups is 1. The number of amides is 1. The highest BCUT2D eigenvalue weighted by atomic mass is 32.2. The van der Waals surface area contributed by atoms with Crippen molar-refractivity contribution in [1.29, 1.82) is 0 Å². The average Bonchev–Trinajstić information content (AvgIpc) is 3.15. The molecule has 30 heavy (non-hydrogen) atoms. The first-order valence-electron chi connectivity index (χ1n) is 9.67. The molecule has 6 nitrogen and oxygen atoms in total. The highest BCUT2D eigenvalue weighted by Crippen LogP contribution is 2.25. The van der Waals surface area contributed by atoms with Crippen LogP contribution in [-0.4, -0.2) is 25.9 Å². The van der Waals surface area contributed by atoms with E-state index in [1.807, 2.05) is 12.3 Å². The number of nitrogens with one attached hydrogen (secondary N) is 1. The molecule has 1 aromatic heterocycles. The number of carbonyl (C=O) groups excluding carboxylic acids is 1. The largest absolute Gasteiger partial charge is 0.494 e. The minimum atomic E-state index is -3.97. The average molecular weight is 445 g/mol. The second-order valence-electron chi connectivity index (χ2n) is 6.87. The van der Waals surface area contributed by atoms with Crippen molar-refractivity contribution in [3.05, 3.63) is 65.2 Å². The molecule has 0 saturated heterocycles. The molecule has 1 heterocycles. The Morgan fingerprint density at radius 3 is 2.60 bits per heavy atom. The molecular formula is C22H24N2O4S2. The van der Waals surface area contributed by atoms with Gasteiger partial charge in [0.2, 0.25) is 5.91 Å². The van der Waals surface area contributed by atoms with Crippen molar-refractivity contribution in [3.8, 4) is 16.3 Å². The van der Waals surface area contributed by atoms with E-state index in [0.717, 1.165) is 29.3 Å². The maximum atomic E-state index is 12.7. The molecule has 0 unspecified atom stereocenters. The van der Waals surface area contributed by atoms with E-state index < -0.39 is 15.9 Å². The molecule has 1 amide bonds. The maximum Gasteiger partial charge on any atom is 0.264 e. The van der Waals surface area contributed by atoms with Crippen LogP contribution in [0.5, 0.6) is 5.75 Å². The van der Waals surface area contributed by atoms with Gasteiger partial charge in [-0.2, -0.15) is 0 Å². The Kier molecular flexibility index (Phi) is 7.23. The monoisotopic (exact) mass is 444 g/mol. The second-order valence-corrected chi connectivity index (χ2v) is 9.41. The first-order valence-corrected chi connectivity index (χ1v) is 12.0. The summed E-state index contributed by atoms with van der Waals surface area (Å²) in [6, 6.07) is 13.5. The van der Waals surface area contributed by atoms with Gasteiger partial charge in [0.15, 0.2) is 0 Å². The van der Waals surface area contributed by atoms with Gasteiger partial charge in [-0.25, -0.2) is 18.1 Å². The Morgan fingerprint density at radius 2 is 1.93 bits per heavy atom. The Hall–Kier alpha value is -2.71. The summed E-state index contributed by atoms with van der Waals surface area (Å²) in [5, 5.41) is 2.63. The van der Waals surface area contributed by atoms with E-state index >= 15 is 0 Å². The number of thiazole rings is 1. The number of hydrogen-bond donors (Lipinski definition) is 1. The molecule has 0 aliphatic carbocycles. The lowest BCUT2D eigenvalue weighted by atomic mass is 10.1. The number of ether oxygens (including phenoxy) is 1. The van der Waals surface area contributed by atoms with Gasteiger partial charge < -0.3 is 4.74 Å². The van der Waals surface area contributed by atoms with Gasteiger partial charge in [0.25, 0.3) is 10.0 Å². The highest BCUT2D eigenvalue weighted by molar-refractivity contribution is 7.90. The summed E-state index contributed by atoms with van der Waals surface area (Å²) < 4.78 is 33.0. The van der Waals surface area contributed by atoms with E-state index in [-0.39, 0.29) is 11.3 Å². The molecule has 0 fully saturated rings. The first-order chi connectivity index (χ1) is 14.4. The molecule has 8 heteroatoms. The predicted molar refractivity (Wildman–Crippen MR) is 118 cm³/mol. The molecule has 158 valence electrons. The number of unbranched alkanes of at least 4 members (excludes halogenated alkanes) is 1. The summed E-state index contributed by atoms with van der Waals surface area (Å²) in [5.74, 6) is 0.139. The summed E-state index contributed by atoms with van der Waals surface area (Å²) in [6.45, 7) is 4.62. The summed E-state index contributed by atoms with van der Waals surface area (Å²) in [6.07, 6.45) is 1.99. The fourth-order valence-electron chi connectivity index (χ4n) is 2.75. The van der Waals surface area contributed by atoms with Crippen molar-refractivity contribution in [2.24, 2.45) is 0 Å². The van der Waals surface area contributed by atoms with E-state index in [1.54, 1.807) is 36.4 Å². The third-order valence-electron chi connectivity index (χ3n) is 4.31. The van der Waals surface area contributed by atoms with E-state index in [2.05, 4.69) is 16.6 Å². The smallest absolute Gasteiger partial charge is 0.264 e. The van der Waals surface area contributed by atoms with Crippen LogP contribution >= 0.6 is 11.3 Å². The highest BCUT2D eigenvalue weighted by Gasteiger charge is 2.19. The fourth-order valence-corrected chi connectivity index (χ4v) is 4.58. The summed E-state index contributed by atoms with van der Waals surface area (Å²) in [7, 11) is -3.97. The molecule has 0 aliphatic rings. The standard InChI is InChI=1S/C22H24N2O4S2/c1-3-4-12-28-19-10-8-17(9-11-19)13-21(25)24-30(26,27)20-7-5-6-18(14-20)22-23-16(2)15-29-22/h5-11,14-15H,3-4,12-13H2,1-2H3,(H,24,25). The van der Waals surface area contributed by atoms with E-state index in [0.29, 0.717) is 17.7 Å². The van der Waals surface area contributed by atoms with Crippen LogP contribution < -0.4 is 9.46 Å². The molecule has 0 saturated carbocycles. The van der Waals surface area contributed by atoms with Gasteiger partial charge in [-0.3, -0.25) is 4.79 Å². The van der Waals surface area contributed by atoms with Gasteiger partial charge in [0, 0.05) is 16.6 Å². The normalized spacial score (nSPS) is 11.3. The molecule has 0 spiro atoms. The summed E-state index contributed by atoms with van der Waals surface area (Å²) >= 11 is 1.44. The van der Waals surface area contributed by atoms with E-state index in [9.17, 15) is 13.2 Å². The first kappa shape index (κ1) is 22.0. The minimum Gasteiger partial charge on any atom is -0.494 e. The molecule has 1 N–H and O–H groups in total.